The smallest absolute Gasteiger partial charge is 0.234 e. The number of hydrogen-bond donors (Lipinski definition) is 2. The largest absolute Gasteiger partial charge is 0.326 e. The van der Waals surface area contributed by atoms with Crippen LogP contribution in [0.4, 0.5) is 11.4 Å². The molecule has 0 fully saturated rings. The number of benzene rings is 1. The van der Waals surface area contributed by atoms with Gasteiger partial charge in [0.2, 0.25) is 11.8 Å². The van der Waals surface area contributed by atoms with Gasteiger partial charge >= 0.3 is 0 Å². The van der Waals surface area contributed by atoms with Crippen molar-refractivity contribution >= 4 is 46.3 Å². The summed E-state index contributed by atoms with van der Waals surface area (Å²) in [7, 11) is 1.91. The zero-order valence-electron chi connectivity index (χ0n) is 14.9. The van der Waals surface area contributed by atoms with Crippen molar-refractivity contribution in [2.75, 3.05) is 16.4 Å². The van der Waals surface area contributed by atoms with E-state index < -0.39 is 0 Å². The van der Waals surface area contributed by atoms with Crippen molar-refractivity contribution < 1.29 is 9.59 Å². The summed E-state index contributed by atoms with van der Waals surface area (Å²) < 4.78 is 1.92. The maximum atomic E-state index is 12.2. The molecule has 2 amide bonds. The summed E-state index contributed by atoms with van der Waals surface area (Å²) in [5, 5.41) is 16.6. The molecule has 2 heterocycles. The second kappa shape index (κ2) is 8.83. The number of carbonyl (C=O) groups excluding carboxylic acids is 2. The number of rotatable bonds is 7. The van der Waals surface area contributed by atoms with E-state index >= 15 is 0 Å². The Morgan fingerprint density at radius 3 is 2.44 bits per heavy atom. The van der Waals surface area contributed by atoms with E-state index in [1.165, 1.54) is 23.6 Å². The van der Waals surface area contributed by atoms with Crippen LogP contribution in [0.5, 0.6) is 0 Å². The van der Waals surface area contributed by atoms with E-state index in [0.29, 0.717) is 16.5 Å². The zero-order chi connectivity index (χ0) is 19.2. The Labute approximate surface area is 165 Å². The molecule has 3 rings (SSSR count). The molecule has 0 atom stereocenters. The molecule has 9 heteroatoms. The van der Waals surface area contributed by atoms with Crippen molar-refractivity contribution in [3.05, 3.63) is 52.5 Å². The number of thioether (sulfide) groups is 1. The van der Waals surface area contributed by atoms with Crippen molar-refractivity contribution in [1.29, 1.82) is 0 Å². The Kier molecular flexibility index (Phi) is 6.25. The molecule has 7 nitrogen and oxygen atoms in total. The number of carbonyl (C=O) groups is 2. The highest BCUT2D eigenvalue weighted by molar-refractivity contribution is 7.99. The number of anilines is 2. The molecule has 0 aliphatic rings. The summed E-state index contributed by atoms with van der Waals surface area (Å²) in [6, 6.07) is 11.0. The third-order valence-corrected chi connectivity index (χ3v) is 5.56. The molecule has 0 aliphatic heterocycles. The van der Waals surface area contributed by atoms with Gasteiger partial charge in [-0.3, -0.25) is 9.59 Å². The van der Waals surface area contributed by atoms with E-state index in [1.54, 1.807) is 35.6 Å². The van der Waals surface area contributed by atoms with Gasteiger partial charge in [-0.1, -0.05) is 17.8 Å². The van der Waals surface area contributed by atoms with Crippen LogP contribution in [0.1, 0.15) is 17.6 Å². The lowest BCUT2D eigenvalue weighted by atomic mass is 10.3. The highest BCUT2D eigenvalue weighted by atomic mass is 32.2. The van der Waals surface area contributed by atoms with Gasteiger partial charge in [-0.25, -0.2) is 0 Å². The standard InChI is InChI=1S/C18H19N5O2S2/c1-12(24)19-13-5-7-14(8-6-13)20-17(25)11-27-18-22-21-16(23(18)2)10-15-4-3-9-26-15/h3-9H,10-11H2,1-2H3,(H,19,24)(H,20,25). The fourth-order valence-electron chi connectivity index (χ4n) is 2.36. The van der Waals surface area contributed by atoms with E-state index in [4.69, 9.17) is 0 Å². The van der Waals surface area contributed by atoms with Crippen molar-refractivity contribution in [3.8, 4) is 0 Å². The number of hydrogen-bond acceptors (Lipinski definition) is 6. The molecule has 1 aromatic carbocycles. The van der Waals surface area contributed by atoms with E-state index in [0.717, 1.165) is 12.2 Å². The van der Waals surface area contributed by atoms with E-state index in [9.17, 15) is 9.59 Å². The van der Waals surface area contributed by atoms with Crippen LogP contribution in [0.2, 0.25) is 0 Å². The molecule has 0 saturated carbocycles. The molecule has 0 bridgehead atoms. The van der Waals surface area contributed by atoms with Gasteiger partial charge < -0.3 is 15.2 Å². The Morgan fingerprint density at radius 2 is 1.81 bits per heavy atom. The summed E-state index contributed by atoms with van der Waals surface area (Å²) in [5.74, 6) is 0.840. The molecule has 2 N–H and O–H groups in total. The van der Waals surface area contributed by atoms with Gasteiger partial charge in [-0.15, -0.1) is 21.5 Å². The predicted molar refractivity (Wildman–Crippen MR) is 108 cm³/mol. The third kappa shape index (κ3) is 5.41. The summed E-state index contributed by atoms with van der Waals surface area (Å²) in [6.07, 6.45) is 0.731. The summed E-state index contributed by atoms with van der Waals surface area (Å²) in [4.78, 5) is 24.4. The zero-order valence-corrected chi connectivity index (χ0v) is 16.6. The van der Waals surface area contributed by atoms with Crippen LogP contribution in [0.3, 0.4) is 0 Å². The molecule has 0 radical (unpaired) electrons. The Morgan fingerprint density at radius 1 is 1.11 bits per heavy atom. The van der Waals surface area contributed by atoms with E-state index in [2.05, 4.69) is 26.9 Å². The Hall–Kier alpha value is -2.65. The number of nitrogens with zero attached hydrogens (tertiary/aromatic N) is 3. The SMILES string of the molecule is CC(=O)Nc1ccc(NC(=O)CSc2nnc(Cc3cccs3)n2C)cc1. The van der Waals surface area contributed by atoms with Crippen LogP contribution in [0.25, 0.3) is 0 Å². The number of amides is 2. The average Bonchev–Trinajstić information content (AvgIpc) is 3.26. The van der Waals surface area contributed by atoms with E-state index in [1.807, 2.05) is 23.1 Å². The van der Waals surface area contributed by atoms with Gasteiger partial charge in [0, 0.05) is 36.6 Å². The van der Waals surface area contributed by atoms with Crippen molar-refractivity contribution in [1.82, 2.24) is 14.8 Å². The minimum Gasteiger partial charge on any atom is -0.326 e. The van der Waals surface area contributed by atoms with E-state index in [-0.39, 0.29) is 17.6 Å². The average molecular weight is 402 g/mol. The number of thiophene rings is 1. The van der Waals surface area contributed by atoms with Gasteiger partial charge in [0.1, 0.15) is 5.82 Å². The highest BCUT2D eigenvalue weighted by Crippen LogP contribution is 2.20. The quantitative estimate of drug-likeness (QED) is 0.594. The monoisotopic (exact) mass is 401 g/mol. The highest BCUT2D eigenvalue weighted by Gasteiger charge is 2.12. The van der Waals surface area contributed by atoms with Crippen molar-refractivity contribution in [2.24, 2.45) is 7.05 Å². The lowest BCUT2D eigenvalue weighted by Crippen LogP contribution is -2.14. The molecule has 3 aromatic rings. The first-order chi connectivity index (χ1) is 13.0. The van der Waals surface area contributed by atoms with Gasteiger partial charge in [-0.05, 0) is 35.7 Å². The molecule has 0 unspecified atom stereocenters. The fourth-order valence-corrected chi connectivity index (χ4v) is 3.79. The van der Waals surface area contributed by atoms with Crippen molar-refractivity contribution in [3.63, 3.8) is 0 Å². The Balaban J connectivity index is 1.52. The third-order valence-electron chi connectivity index (χ3n) is 3.66. The van der Waals surface area contributed by atoms with Crippen LogP contribution in [-0.4, -0.2) is 32.3 Å². The first-order valence-electron chi connectivity index (χ1n) is 8.22. The number of nitrogens with one attached hydrogen (secondary N) is 2. The molecular formula is C18H19N5O2S2. The lowest BCUT2D eigenvalue weighted by Gasteiger charge is -2.07. The first-order valence-corrected chi connectivity index (χ1v) is 10.1. The maximum Gasteiger partial charge on any atom is 0.234 e. The van der Waals surface area contributed by atoms with Gasteiger partial charge in [0.25, 0.3) is 0 Å². The molecule has 2 aromatic heterocycles. The summed E-state index contributed by atoms with van der Waals surface area (Å²) in [5.41, 5.74) is 1.36. The molecule has 27 heavy (non-hydrogen) atoms. The predicted octanol–water partition coefficient (Wildman–Crippen LogP) is 3.16. The molecule has 0 spiro atoms. The molecular weight excluding hydrogens is 382 g/mol. The first kappa shape index (κ1) is 19.1. The van der Waals surface area contributed by atoms with Crippen LogP contribution in [-0.2, 0) is 23.1 Å². The van der Waals surface area contributed by atoms with Crippen LogP contribution in [0, 0.1) is 0 Å². The van der Waals surface area contributed by atoms with Gasteiger partial charge in [0.05, 0.1) is 5.75 Å². The Bertz CT molecular complexity index is 920. The minimum atomic E-state index is -0.134. The van der Waals surface area contributed by atoms with Gasteiger partial charge in [-0.2, -0.15) is 0 Å². The minimum absolute atomic E-state index is 0.130. The summed E-state index contributed by atoms with van der Waals surface area (Å²) in [6.45, 7) is 1.45. The topological polar surface area (TPSA) is 88.9 Å². The second-order valence-corrected chi connectivity index (χ2v) is 7.78. The van der Waals surface area contributed by atoms with Crippen molar-refractivity contribution in [2.45, 2.75) is 18.5 Å². The normalized spacial score (nSPS) is 10.6. The van der Waals surface area contributed by atoms with Crippen LogP contribution in [0.15, 0.2) is 46.9 Å². The van der Waals surface area contributed by atoms with Crippen LogP contribution >= 0.6 is 23.1 Å². The lowest BCUT2D eigenvalue weighted by molar-refractivity contribution is -0.114. The fraction of sp³-hybridized carbons (Fsp3) is 0.222. The van der Waals surface area contributed by atoms with Crippen LogP contribution < -0.4 is 10.6 Å². The molecule has 0 aliphatic carbocycles. The summed E-state index contributed by atoms with van der Waals surface area (Å²) >= 11 is 3.03. The second-order valence-electron chi connectivity index (χ2n) is 5.81. The maximum absolute atomic E-state index is 12.2. The molecule has 0 saturated heterocycles. The van der Waals surface area contributed by atoms with Gasteiger partial charge in [0.15, 0.2) is 5.16 Å². The molecule has 140 valence electrons. The number of aromatic nitrogens is 3.